The number of Topliss-reactive ketones (excluding diaryl/α,β-unsaturated/α-hetero) is 1. The highest BCUT2D eigenvalue weighted by Gasteiger charge is 2.03. The Hall–Kier alpha value is 0.0200. The van der Waals surface area contributed by atoms with Crippen LogP contribution in [0.4, 0.5) is 0 Å². The van der Waals surface area contributed by atoms with Crippen LogP contribution in [0, 0.1) is 0 Å². The number of ketones is 1. The summed E-state index contributed by atoms with van der Waals surface area (Å²) in [4.78, 5) is 10.9. The molecule has 0 saturated carbocycles. The highest BCUT2D eigenvalue weighted by atomic mass is 32.2. The molecule has 1 unspecified atom stereocenters. The number of carbonyl (C=O) groups excluding carboxylic acids is 1. The van der Waals surface area contributed by atoms with Gasteiger partial charge in [0.1, 0.15) is 5.78 Å². The first-order valence-corrected chi connectivity index (χ1v) is 5.38. The fraction of sp³-hybridized carbons (Fsp3) is 0.889. The molecule has 0 N–H and O–H groups in total. The van der Waals surface area contributed by atoms with E-state index in [0.717, 1.165) is 18.6 Å². The fourth-order valence-electron chi connectivity index (χ4n) is 0.909. The number of thioether (sulfide) groups is 1. The maximum atomic E-state index is 10.9. The second-order valence-electron chi connectivity index (χ2n) is 2.70. The third-order valence-electron chi connectivity index (χ3n) is 1.68. The van der Waals surface area contributed by atoms with Crippen molar-refractivity contribution in [2.75, 3.05) is 5.75 Å². The maximum Gasteiger partial charge on any atom is 0.132 e. The van der Waals surface area contributed by atoms with Gasteiger partial charge in [-0.25, -0.2) is 0 Å². The molecule has 66 valence electrons. The minimum atomic E-state index is 0.397. The van der Waals surface area contributed by atoms with Crippen molar-refractivity contribution in [2.45, 2.75) is 45.3 Å². The van der Waals surface area contributed by atoms with Gasteiger partial charge >= 0.3 is 0 Å². The minimum Gasteiger partial charge on any atom is -0.300 e. The molecule has 1 atom stereocenters. The van der Waals surface area contributed by atoms with Gasteiger partial charge in [0.2, 0.25) is 0 Å². The van der Waals surface area contributed by atoms with Gasteiger partial charge in [-0.2, -0.15) is 11.8 Å². The predicted molar refractivity (Wildman–Crippen MR) is 52.1 cm³/mol. The molecule has 0 amide bonds. The third-order valence-corrected chi connectivity index (χ3v) is 2.81. The Morgan fingerprint density at radius 2 is 2.09 bits per heavy atom. The van der Waals surface area contributed by atoms with E-state index < -0.39 is 0 Å². The van der Waals surface area contributed by atoms with Crippen LogP contribution in [0.25, 0.3) is 0 Å². The van der Waals surface area contributed by atoms with Crippen LogP contribution in [0.15, 0.2) is 0 Å². The van der Waals surface area contributed by atoms with Crippen LogP contribution in [-0.4, -0.2) is 16.8 Å². The van der Waals surface area contributed by atoms with Crippen LogP contribution in [0.3, 0.4) is 0 Å². The van der Waals surface area contributed by atoms with Crippen molar-refractivity contribution in [3.8, 4) is 0 Å². The Kier molecular flexibility index (Phi) is 6.73. The van der Waals surface area contributed by atoms with E-state index in [1.807, 2.05) is 18.7 Å². The lowest BCUT2D eigenvalue weighted by Crippen LogP contribution is -2.02. The summed E-state index contributed by atoms with van der Waals surface area (Å²) >= 11 is 1.93. The van der Waals surface area contributed by atoms with Crippen molar-refractivity contribution >= 4 is 17.5 Å². The Balaban J connectivity index is 3.29. The molecule has 0 rings (SSSR count). The van der Waals surface area contributed by atoms with E-state index in [4.69, 9.17) is 0 Å². The molecule has 0 aromatic heterocycles. The molecule has 0 aliphatic heterocycles. The van der Waals surface area contributed by atoms with Crippen LogP contribution in [0.5, 0.6) is 0 Å². The molecule has 0 heterocycles. The van der Waals surface area contributed by atoms with Gasteiger partial charge in [-0.05, 0) is 12.2 Å². The zero-order valence-electron chi connectivity index (χ0n) is 7.72. The molecule has 0 fully saturated rings. The Labute approximate surface area is 73.9 Å². The molecule has 0 aromatic rings. The normalized spacial score (nSPS) is 13.0. The SMILES string of the molecule is CCSC(C)CCC(=O)CC. The molecule has 0 aliphatic carbocycles. The van der Waals surface area contributed by atoms with Gasteiger partial charge in [-0.1, -0.05) is 20.8 Å². The fourth-order valence-corrected chi connectivity index (χ4v) is 1.76. The van der Waals surface area contributed by atoms with E-state index in [0.29, 0.717) is 17.5 Å². The number of hydrogen-bond donors (Lipinski definition) is 0. The Bertz CT molecular complexity index is 112. The molecule has 2 heteroatoms. The summed E-state index contributed by atoms with van der Waals surface area (Å²) in [5.74, 6) is 1.55. The number of rotatable bonds is 6. The molecule has 0 spiro atoms. The zero-order chi connectivity index (χ0) is 8.69. The first-order chi connectivity index (χ1) is 5.20. The summed E-state index contributed by atoms with van der Waals surface area (Å²) in [6.07, 6.45) is 2.51. The molecule has 1 nitrogen and oxygen atoms in total. The molecule has 0 saturated heterocycles. The molecular formula is C9H18OS. The predicted octanol–water partition coefficient (Wildman–Crippen LogP) is 2.89. The standard InChI is InChI=1S/C9H18OS/c1-4-9(10)7-6-8(3)11-5-2/h8H,4-7H2,1-3H3. The van der Waals surface area contributed by atoms with Gasteiger partial charge in [0.05, 0.1) is 0 Å². The molecular weight excluding hydrogens is 156 g/mol. The second kappa shape index (κ2) is 6.71. The summed E-state index contributed by atoms with van der Waals surface area (Å²) < 4.78 is 0. The van der Waals surface area contributed by atoms with Crippen molar-refractivity contribution in [3.05, 3.63) is 0 Å². The number of hydrogen-bond acceptors (Lipinski definition) is 2. The first-order valence-electron chi connectivity index (χ1n) is 4.34. The van der Waals surface area contributed by atoms with Gasteiger partial charge in [-0.3, -0.25) is 4.79 Å². The maximum absolute atomic E-state index is 10.9. The molecule has 0 radical (unpaired) electrons. The van der Waals surface area contributed by atoms with Crippen molar-refractivity contribution in [1.82, 2.24) is 0 Å². The summed E-state index contributed by atoms with van der Waals surface area (Å²) in [6.45, 7) is 6.28. The van der Waals surface area contributed by atoms with E-state index in [9.17, 15) is 4.79 Å². The van der Waals surface area contributed by atoms with Crippen LogP contribution in [0.2, 0.25) is 0 Å². The molecule has 0 aliphatic rings. The molecule has 0 aromatic carbocycles. The summed E-state index contributed by atoms with van der Waals surface area (Å²) in [6, 6.07) is 0. The lowest BCUT2D eigenvalue weighted by atomic mass is 10.1. The van der Waals surface area contributed by atoms with Gasteiger partial charge in [0.25, 0.3) is 0 Å². The lowest BCUT2D eigenvalue weighted by molar-refractivity contribution is -0.118. The smallest absolute Gasteiger partial charge is 0.132 e. The number of carbonyl (C=O) groups is 1. The zero-order valence-corrected chi connectivity index (χ0v) is 8.54. The summed E-state index contributed by atoms with van der Waals surface area (Å²) in [5, 5.41) is 0.649. The highest BCUT2D eigenvalue weighted by Crippen LogP contribution is 2.15. The third kappa shape index (κ3) is 6.42. The summed E-state index contributed by atoms with van der Waals surface area (Å²) in [7, 11) is 0. The van der Waals surface area contributed by atoms with Crippen molar-refractivity contribution in [1.29, 1.82) is 0 Å². The van der Waals surface area contributed by atoms with E-state index >= 15 is 0 Å². The van der Waals surface area contributed by atoms with Gasteiger partial charge in [0, 0.05) is 18.1 Å². The molecule has 0 bridgehead atoms. The first kappa shape index (κ1) is 11.0. The van der Waals surface area contributed by atoms with Crippen LogP contribution in [0.1, 0.15) is 40.0 Å². The molecule has 11 heavy (non-hydrogen) atoms. The lowest BCUT2D eigenvalue weighted by Gasteiger charge is -2.07. The van der Waals surface area contributed by atoms with Crippen molar-refractivity contribution < 1.29 is 4.79 Å². The van der Waals surface area contributed by atoms with E-state index in [1.54, 1.807) is 0 Å². The van der Waals surface area contributed by atoms with E-state index in [2.05, 4.69) is 13.8 Å². The van der Waals surface area contributed by atoms with Crippen molar-refractivity contribution in [2.24, 2.45) is 0 Å². The van der Waals surface area contributed by atoms with Crippen molar-refractivity contribution in [3.63, 3.8) is 0 Å². The Morgan fingerprint density at radius 3 is 2.55 bits per heavy atom. The Morgan fingerprint density at radius 1 is 1.45 bits per heavy atom. The average molecular weight is 174 g/mol. The van der Waals surface area contributed by atoms with E-state index in [-0.39, 0.29) is 0 Å². The average Bonchev–Trinajstić information content (AvgIpc) is 2.01. The second-order valence-corrected chi connectivity index (χ2v) is 4.41. The largest absolute Gasteiger partial charge is 0.300 e. The van der Waals surface area contributed by atoms with Crippen LogP contribution in [-0.2, 0) is 4.79 Å². The minimum absolute atomic E-state index is 0.397. The van der Waals surface area contributed by atoms with Gasteiger partial charge < -0.3 is 0 Å². The topological polar surface area (TPSA) is 17.1 Å². The van der Waals surface area contributed by atoms with E-state index in [1.165, 1.54) is 0 Å². The quantitative estimate of drug-likeness (QED) is 0.616. The monoisotopic (exact) mass is 174 g/mol. The van der Waals surface area contributed by atoms with Crippen LogP contribution >= 0.6 is 11.8 Å². The highest BCUT2D eigenvalue weighted by molar-refractivity contribution is 7.99. The van der Waals surface area contributed by atoms with Gasteiger partial charge in [-0.15, -0.1) is 0 Å². The van der Waals surface area contributed by atoms with Gasteiger partial charge in [0.15, 0.2) is 0 Å². The summed E-state index contributed by atoms with van der Waals surface area (Å²) in [5.41, 5.74) is 0. The van der Waals surface area contributed by atoms with Crippen LogP contribution < -0.4 is 0 Å².